The molecule has 3 N–H and O–H groups in total. The van der Waals surface area contributed by atoms with Crippen molar-refractivity contribution in [2.24, 2.45) is 0 Å². The van der Waals surface area contributed by atoms with Gasteiger partial charge in [-0.25, -0.2) is 4.39 Å². The van der Waals surface area contributed by atoms with Crippen molar-refractivity contribution in [1.29, 1.82) is 0 Å². The lowest BCUT2D eigenvalue weighted by molar-refractivity contribution is 0.626. The van der Waals surface area contributed by atoms with Gasteiger partial charge in [0, 0.05) is 5.69 Å². The van der Waals surface area contributed by atoms with Crippen LogP contribution < -0.4 is 11.1 Å². The first-order chi connectivity index (χ1) is 9.24. The topological polar surface area (TPSA) is 38.0 Å². The van der Waals surface area contributed by atoms with Crippen LogP contribution in [0.4, 0.5) is 10.1 Å². The Balaban J connectivity index is 1.66. The molecule has 2 aromatic rings. The van der Waals surface area contributed by atoms with E-state index in [4.69, 9.17) is 5.73 Å². The Labute approximate surface area is 113 Å². The van der Waals surface area contributed by atoms with Crippen molar-refractivity contribution < 1.29 is 4.39 Å². The molecule has 0 saturated carbocycles. The highest BCUT2D eigenvalue weighted by molar-refractivity contribution is 5.40. The van der Waals surface area contributed by atoms with Gasteiger partial charge < -0.3 is 11.1 Å². The number of hydrogen-bond acceptors (Lipinski definition) is 2. The largest absolute Gasteiger partial charge is 0.399 e. The van der Waals surface area contributed by atoms with Gasteiger partial charge in [-0.2, -0.15) is 0 Å². The van der Waals surface area contributed by atoms with E-state index in [9.17, 15) is 4.39 Å². The average Bonchev–Trinajstić information content (AvgIpc) is 2.41. The van der Waals surface area contributed by atoms with Crippen LogP contribution in [-0.2, 0) is 12.8 Å². The van der Waals surface area contributed by atoms with Crippen molar-refractivity contribution in [3.63, 3.8) is 0 Å². The molecule has 0 radical (unpaired) electrons. The van der Waals surface area contributed by atoms with Gasteiger partial charge in [-0.1, -0.05) is 24.3 Å². The molecule has 0 saturated heterocycles. The molecular formula is C16H19FN2. The molecule has 3 heteroatoms. The third-order valence-corrected chi connectivity index (χ3v) is 3.05. The Hall–Kier alpha value is -1.87. The number of nitrogens with one attached hydrogen (secondary N) is 1. The van der Waals surface area contributed by atoms with Gasteiger partial charge in [0.25, 0.3) is 0 Å². The number of benzene rings is 2. The summed E-state index contributed by atoms with van der Waals surface area (Å²) in [7, 11) is 0. The van der Waals surface area contributed by atoms with E-state index in [-0.39, 0.29) is 5.82 Å². The molecule has 19 heavy (non-hydrogen) atoms. The Bertz CT molecular complexity index is 508. The molecule has 2 aromatic carbocycles. The van der Waals surface area contributed by atoms with E-state index in [0.717, 1.165) is 37.2 Å². The molecule has 0 aliphatic rings. The molecule has 2 rings (SSSR count). The number of hydrogen-bond donors (Lipinski definition) is 2. The van der Waals surface area contributed by atoms with Crippen molar-refractivity contribution in [3.8, 4) is 0 Å². The Kier molecular flexibility index (Phi) is 4.93. The van der Waals surface area contributed by atoms with Crippen molar-refractivity contribution in [2.75, 3.05) is 18.8 Å². The van der Waals surface area contributed by atoms with Crippen LogP contribution in [0.15, 0.2) is 48.5 Å². The molecule has 0 heterocycles. The zero-order valence-corrected chi connectivity index (χ0v) is 10.9. The van der Waals surface area contributed by atoms with E-state index in [0.29, 0.717) is 0 Å². The van der Waals surface area contributed by atoms with Crippen LogP contribution in [0.2, 0.25) is 0 Å². The fourth-order valence-electron chi connectivity index (χ4n) is 1.99. The average molecular weight is 258 g/mol. The molecule has 0 amide bonds. The number of anilines is 1. The van der Waals surface area contributed by atoms with E-state index in [1.165, 1.54) is 17.7 Å². The molecule has 0 atom stereocenters. The van der Waals surface area contributed by atoms with Gasteiger partial charge >= 0.3 is 0 Å². The lowest BCUT2D eigenvalue weighted by Gasteiger charge is -2.06. The number of nitrogen functional groups attached to an aromatic ring is 1. The van der Waals surface area contributed by atoms with E-state index in [1.54, 1.807) is 0 Å². The standard InChI is InChI=1S/C16H19FN2/c17-15-6-4-13(5-7-15)8-10-19-11-9-14-2-1-3-16(18)12-14/h1-7,12,19H,8-11,18H2. The highest BCUT2D eigenvalue weighted by Crippen LogP contribution is 2.06. The van der Waals surface area contributed by atoms with Gasteiger partial charge in [-0.05, 0) is 61.3 Å². The highest BCUT2D eigenvalue weighted by atomic mass is 19.1. The summed E-state index contributed by atoms with van der Waals surface area (Å²) in [4.78, 5) is 0. The summed E-state index contributed by atoms with van der Waals surface area (Å²) in [5, 5.41) is 3.38. The fraction of sp³-hybridized carbons (Fsp3) is 0.250. The van der Waals surface area contributed by atoms with Gasteiger partial charge in [0.05, 0.1) is 0 Å². The summed E-state index contributed by atoms with van der Waals surface area (Å²) in [5.74, 6) is -0.182. The minimum Gasteiger partial charge on any atom is -0.399 e. The minimum atomic E-state index is -0.182. The van der Waals surface area contributed by atoms with Crippen molar-refractivity contribution >= 4 is 5.69 Å². The lowest BCUT2D eigenvalue weighted by atomic mass is 10.1. The van der Waals surface area contributed by atoms with Crippen molar-refractivity contribution in [3.05, 3.63) is 65.5 Å². The maximum atomic E-state index is 12.7. The number of nitrogens with two attached hydrogens (primary N) is 1. The minimum absolute atomic E-state index is 0.182. The predicted octanol–water partition coefficient (Wildman–Crippen LogP) is 2.78. The van der Waals surface area contributed by atoms with E-state index < -0.39 is 0 Å². The van der Waals surface area contributed by atoms with E-state index in [1.807, 2.05) is 30.3 Å². The molecule has 100 valence electrons. The first kappa shape index (κ1) is 13.6. The maximum absolute atomic E-state index is 12.7. The second-order valence-corrected chi connectivity index (χ2v) is 4.62. The van der Waals surface area contributed by atoms with Crippen LogP contribution in [0.25, 0.3) is 0 Å². The Morgan fingerprint density at radius 3 is 2.26 bits per heavy atom. The van der Waals surface area contributed by atoms with Crippen LogP contribution in [0.3, 0.4) is 0 Å². The van der Waals surface area contributed by atoms with E-state index in [2.05, 4.69) is 11.4 Å². The van der Waals surface area contributed by atoms with Gasteiger partial charge in [0.2, 0.25) is 0 Å². The maximum Gasteiger partial charge on any atom is 0.123 e. The molecule has 2 nitrogen and oxygen atoms in total. The number of halogens is 1. The summed E-state index contributed by atoms with van der Waals surface area (Å²) in [6, 6.07) is 14.6. The van der Waals surface area contributed by atoms with Crippen LogP contribution in [0, 0.1) is 5.82 Å². The summed E-state index contributed by atoms with van der Waals surface area (Å²) in [5.41, 5.74) is 8.93. The fourth-order valence-corrected chi connectivity index (χ4v) is 1.99. The van der Waals surface area contributed by atoms with Crippen LogP contribution in [0.1, 0.15) is 11.1 Å². The van der Waals surface area contributed by atoms with E-state index >= 15 is 0 Å². The zero-order valence-electron chi connectivity index (χ0n) is 10.9. The summed E-state index contributed by atoms with van der Waals surface area (Å²) >= 11 is 0. The first-order valence-corrected chi connectivity index (χ1v) is 6.53. The highest BCUT2D eigenvalue weighted by Gasteiger charge is 1.96. The van der Waals surface area contributed by atoms with Crippen molar-refractivity contribution in [2.45, 2.75) is 12.8 Å². The molecule has 0 fully saturated rings. The molecule has 0 bridgehead atoms. The molecule has 0 spiro atoms. The molecule has 0 aliphatic carbocycles. The predicted molar refractivity (Wildman–Crippen MR) is 77.5 cm³/mol. The second kappa shape index (κ2) is 6.90. The molecule has 0 aliphatic heterocycles. The quantitative estimate of drug-likeness (QED) is 0.617. The zero-order chi connectivity index (χ0) is 13.5. The summed E-state index contributed by atoms with van der Waals surface area (Å²) in [6.07, 6.45) is 1.88. The van der Waals surface area contributed by atoms with Gasteiger partial charge in [-0.3, -0.25) is 0 Å². The van der Waals surface area contributed by atoms with Crippen LogP contribution in [-0.4, -0.2) is 13.1 Å². The Morgan fingerprint density at radius 1 is 0.895 bits per heavy atom. The normalized spacial score (nSPS) is 10.6. The summed E-state index contributed by atoms with van der Waals surface area (Å²) in [6.45, 7) is 1.82. The van der Waals surface area contributed by atoms with Crippen LogP contribution in [0.5, 0.6) is 0 Å². The summed E-state index contributed by atoms with van der Waals surface area (Å²) < 4.78 is 12.7. The second-order valence-electron chi connectivity index (χ2n) is 4.62. The third-order valence-electron chi connectivity index (χ3n) is 3.05. The molecular weight excluding hydrogens is 239 g/mol. The Morgan fingerprint density at radius 2 is 1.58 bits per heavy atom. The number of rotatable bonds is 6. The van der Waals surface area contributed by atoms with Crippen LogP contribution >= 0.6 is 0 Å². The molecule has 0 unspecified atom stereocenters. The lowest BCUT2D eigenvalue weighted by Crippen LogP contribution is -2.20. The van der Waals surface area contributed by atoms with Gasteiger partial charge in [0.1, 0.15) is 5.82 Å². The first-order valence-electron chi connectivity index (χ1n) is 6.53. The smallest absolute Gasteiger partial charge is 0.123 e. The molecule has 0 aromatic heterocycles. The monoisotopic (exact) mass is 258 g/mol. The SMILES string of the molecule is Nc1cccc(CCNCCc2ccc(F)cc2)c1. The van der Waals surface area contributed by atoms with Gasteiger partial charge in [-0.15, -0.1) is 0 Å². The van der Waals surface area contributed by atoms with Crippen molar-refractivity contribution in [1.82, 2.24) is 5.32 Å². The third kappa shape index (κ3) is 4.72. The van der Waals surface area contributed by atoms with Gasteiger partial charge in [0.15, 0.2) is 0 Å².